The minimum atomic E-state index is -1.88. The van der Waals surface area contributed by atoms with E-state index in [4.69, 9.17) is 0 Å². The normalized spacial score (nSPS) is 19.8. The van der Waals surface area contributed by atoms with E-state index in [2.05, 4.69) is 20.6 Å². The maximum absolute atomic E-state index is 12.6. The monoisotopic (exact) mass is 369 g/mol. The summed E-state index contributed by atoms with van der Waals surface area (Å²) in [6.45, 7) is 1.63. The number of nitrogens with zero attached hydrogens (tertiary/aromatic N) is 1. The van der Waals surface area contributed by atoms with Crippen molar-refractivity contribution in [2.45, 2.75) is 12.5 Å². The molecule has 2 atom stereocenters. The van der Waals surface area contributed by atoms with Gasteiger partial charge in [0.15, 0.2) is 5.60 Å². The molecule has 8 nitrogen and oxygen atoms in total. The lowest BCUT2D eigenvalue weighted by Crippen LogP contribution is -2.44. The first-order chi connectivity index (χ1) is 12.9. The van der Waals surface area contributed by atoms with Gasteiger partial charge in [-0.3, -0.25) is 4.79 Å². The molecule has 1 heterocycles. The molecular weight excluding hydrogens is 350 g/mol. The smallest absolute Gasteiger partial charge is 0.427 e. The first-order valence-corrected chi connectivity index (χ1v) is 8.22. The summed E-state index contributed by atoms with van der Waals surface area (Å²) in [7, 11) is 1.20. The summed E-state index contributed by atoms with van der Waals surface area (Å²) in [5, 5.41) is 27.6. The van der Waals surface area contributed by atoms with Crippen molar-refractivity contribution in [3.05, 3.63) is 59.7 Å². The molecule has 0 unspecified atom stereocenters. The lowest BCUT2D eigenvalue weighted by Gasteiger charge is -2.29. The van der Waals surface area contributed by atoms with Gasteiger partial charge in [-0.1, -0.05) is 25.1 Å². The number of rotatable bonds is 4. The zero-order valence-corrected chi connectivity index (χ0v) is 14.8. The van der Waals surface area contributed by atoms with Gasteiger partial charge < -0.3 is 20.3 Å². The lowest BCUT2D eigenvalue weighted by molar-refractivity contribution is -0.136. The van der Waals surface area contributed by atoms with Gasteiger partial charge in [-0.15, -0.1) is 0 Å². The Bertz CT molecular complexity index is 910. The first kappa shape index (κ1) is 18.4. The molecule has 2 amide bonds. The average Bonchev–Trinajstić information content (AvgIpc) is 2.94. The van der Waals surface area contributed by atoms with Crippen LogP contribution in [0, 0.1) is 5.92 Å². The Morgan fingerprint density at radius 2 is 1.89 bits per heavy atom. The quantitative estimate of drug-likeness (QED) is 0.485. The van der Waals surface area contributed by atoms with Gasteiger partial charge in [-0.25, -0.2) is 10.2 Å². The van der Waals surface area contributed by atoms with Gasteiger partial charge in [0.25, 0.3) is 5.91 Å². The predicted octanol–water partition coefficient (Wildman–Crippen LogP) is 1.93. The number of nitrogens with one attached hydrogen (secondary N) is 2. The molecule has 2 aromatic carbocycles. The van der Waals surface area contributed by atoms with Crippen LogP contribution in [0.15, 0.2) is 53.6 Å². The molecule has 0 saturated carbocycles. The number of anilines is 1. The summed E-state index contributed by atoms with van der Waals surface area (Å²) in [6.07, 6.45) is -0.790. The number of carbonyl (C=O) groups is 2. The van der Waals surface area contributed by atoms with Crippen LogP contribution in [0.5, 0.6) is 5.75 Å². The Kier molecular flexibility index (Phi) is 4.83. The van der Waals surface area contributed by atoms with Crippen LogP contribution in [0.3, 0.4) is 0 Å². The van der Waals surface area contributed by atoms with Gasteiger partial charge >= 0.3 is 6.09 Å². The van der Waals surface area contributed by atoms with Gasteiger partial charge in [0.2, 0.25) is 0 Å². The number of aliphatic hydroxyl groups is 1. The fourth-order valence-corrected chi connectivity index (χ4v) is 3.09. The third-order valence-electron chi connectivity index (χ3n) is 4.58. The Hall–Kier alpha value is -3.39. The molecule has 27 heavy (non-hydrogen) atoms. The summed E-state index contributed by atoms with van der Waals surface area (Å²) in [5.74, 6) is -1.36. The number of benzene rings is 2. The first-order valence-electron chi connectivity index (χ1n) is 8.22. The third-order valence-corrected chi connectivity index (χ3v) is 4.58. The van der Waals surface area contributed by atoms with Crippen molar-refractivity contribution >= 4 is 23.4 Å². The summed E-state index contributed by atoms with van der Waals surface area (Å²) < 4.78 is 4.52. The standard InChI is InChI=1S/C19H19N3O5/c1-11(19(26)14-5-3-4-6-15(14)20-17(19)24)16(21-22-18(25)27-2)12-7-9-13(23)10-8-12/h3-11,23,26H,1-2H3,(H,20,24)(H,22,25)/b21-16-/t11-,19+/m1/s1. The molecule has 1 aliphatic heterocycles. The molecule has 8 heteroatoms. The second kappa shape index (κ2) is 7.08. The predicted molar refractivity (Wildman–Crippen MR) is 98.3 cm³/mol. The van der Waals surface area contributed by atoms with Gasteiger partial charge in [0.1, 0.15) is 5.75 Å². The number of fused-ring (bicyclic) bond motifs is 1. The maximum atomic E-state index is 12.6. The molecule has 1 aliphatic rings. The molecule has 0 radical (unpaired) electrons. The van der Waals surface area contributed by atoms with Crippen molar-refractivity contribution in [3.63, 3.8) is 0 Å². The van der Waals surface area contributed by atoms with E-state index in [1.165, 1.54) is 19.2 Å². The third kappa shape index (κ3) is 3.22. The number of hydrogen-bond donors (Lipinski definition) is 4. The van der Waals surface area contributed by atoms with E-state index in [0.29, 0.717) is 16.8 Å². The number of amides is 2. The molecule has 0 aliphatic carbocycles. The van der Waals surface area contributed by atoms with Crippen LogP contribution in [0.1, 0.15) is 18.1 Å². The summed E-state index contributed by atoms with van der Waals surface area (Å²) in [4.78, 5) is 24.1. The van der Waals surface area contributed by atoms with Crippen molar-refractivity contribution in [2.75, 3.05) is 12.4 Å². The molecule has 2 aromatic rings. The van der Waals surface area contributed by atoms with E-state index in [0.717, 1.165) is 0 Å². The fraction of sp³-hybridized carbons (Fsp3) is 0.211. The molecule has 0 bridgehead atoms. The number of para-hydroxylation sites is 1. The van der Waals surface area contributed by atoms with Crippen molar-refractivity contribution < 1.29 is 24.5 Å². The molecule has 0 saturated heterocycles. The molecule has 0 aromatic heterocycles. The van der Waals surface area contributed by atoms with E-state index >= 15 is 0 Å². The van der Waals surface area contributed by atoms with Gasteiger partial charge in [-0.2, -0.15) is 5.10 Å². The topological polar surface area (TPSA) is 120 Å². The summed E-state index contributed by atoms with van der Waals surface area (Å²) in [6, 6.07) is 12.9. The van der Waals surface area contributed by atoms with Crippen LogP contribution in [0.2, 0.25) is 0 Å². The van der Waals surface area contributed by atoms with Crippen molar-refractivity contribution in [1.82, 2.24) is 5.43 Å². The highest BCUT2D eigenvalue weighted by Crippen LogP contribution is 2.42. The summed E-state index contributed by atoms with van der Waals surface area (Å²) in [5.41, 5.74) is 2.04. The zero-order chi connectivity index (χ0) is 19.6. The maximum Gasteiger partial charge on any atom is 0.427 e. The number of methoxy groups -OCH3 is 1. The van der Waals surface area contributed by atoms with Crippen molar-refractivity contribution in [3.8, 4) is 5.75 Å². The molecular formula is C19H19N3O5. The van der Waals surface area contributed by atoms with Crippen LogP contribution in [-0.2, 0) is 15.1 Å². The number of phenols is 1. The van der Waals surface area contributed by atoms with Crippen molar-refractivity contribution in [1.29, 1.82) is 0 Å². The molecule has 0 spiro atoms. The summed E-state index contributed by atoms with van der Waals surface area (Å²) >= 11 is 0. The van der Waals surface area contributed by atoms with E-state index in [-0.39, 0.29) is 11.5 Å². The minimum absolute atomic E-state index is 0.0503. The Morgan fingerprint density at radius 1 is 1.22 bits per heavy atom. The molecule has 140 valence electrons. The van der Waals surface area contributed by atoms with Crippen LogP contribution in [0.4, 0.5) is 10.5 Å². The van der Waals surface area contributed by atoms with Gasteiger partial charge in [0, 0.05) is 17.2 Å². The Morgan fingerprint density at radius 3 is 2.56 bits per heavy atom. The molecule has 4 N–H and O–H groups in total. The highest BCUT2D eigenvalue weighted by Gasteiger charge is 2.51. The van der Waals surface area contributed by atoms with Crippen LogP contribution < -0.4 is 10.7 Å². The number of ether oxygens (including phenoxy) is 1. The fourth-order valence-electron chi connectivity index (χ4n) is 3.09. The number of phenolic OH excluding ortho intramolecular Hbond substituents is 1. The van der Waals surface area contributed by atoms with Crippen LogP contribution in [0.25, 0.3) is 0 Å². The number of hydrazone groups is 1. The van der Waals surface area contributed by atoms with E-state index in [9.17, 15) is 19.8 Å². The second-order valence-corrected chi connectivity index (χ2v) is 6.14. The van der Waals surface area contributed by atoms with Crippen LogP contribution in [-0.4, -0.2) is 35.0 Å². The number of hydrogen-bond acceptors (Lipinski definition) is 6. The average molecular weight is 369 g/mol. The highest BCUT2D eigenvalue weighted by molar-refractivity contribution is 6.12. The SMILES string of the molecule is COC(=O)N/N=C(\c1ccc(O)cc1)[C@@H](C)[C@@]1(O)C(=O)Nc2ccccc21. The second-order valence-electron chi connectivity index (χ2n) is 6.14. The van der Waals surface area contributed by atoms with Gasteiger partial charge in [-0.05, 0) is 35.9 Å². The van der Waals surface area contributed by atoms with E-state index in [1.54, 1.807) is 43.3 Å². The number of aromatic hydroxyl groups is 1. The lowest BCUT2D eigenvalue weighted by atomic mass is 9.78. The van der Waals surface area contributed by atoms with Gasteiger partial charge in [0.05, 0.1) is 12.8 Å². The molecule has 3 rings (SSSR count). The minimum Gasteiger partial charge on any atom is -0.508 e. The van der Waals surface area contributed by atoms with E-state index in [1.807, 2.05) is 0 Å². The van der Waals surface area contributed by atoms with Crippen molar-refractivity contribution in [2.24, 2.45) is 11.0 Å². The zero-order valence-electron chi connectivity index (χ0n) is 14.8. The van der Waals surface area contributed by atoms with E-state index < -0.39 is 23.5 Å². The Balaban J connectivity index is 2.07. The number of carbonyl (C=O) groups excluding carboxylic acids is 2. The Labute approximate surface area is 155 Å². The molecule has 0 fully saturated rings. The highest BCUT2D eigenvalue weighted by atomic mass is 16.5. The van der Waals surface area contributed by atoms with Crippen LogP contribution >= 0.6 is 0 Å². The largest absolute Gasteiger partial charge is 0.508 e.